The summed E-state index contributed by atoms with van der Waals surface area (Å²) in [5, 5.41) is 7.77. The van der Waals surface area contributed by atoms with Gasteiger partial charge >= 0.3 is 11.8 Å². The molecule has 1 aliphatic rings. The maximum Gasteiger partial charge on any atom is 0.311 e. The molecule has 1 aliphatic heterocycles. The van der Waals surface area contributed by atoms with Crippen LogP contribution in [0.15, 0.2) is 28.7 Å². The van der Waals surface area contributed by atoms with Crippen LogP contribution in [0.1, 0.15) is 10.7 Å². The van der Waals surface area contributed by atoms with E-state index in [9.17, 15) is 4.79 Å². The van der Waals surface area contributed by atoms with Gasteiger partial charge in [0, 0.05) is 13.1 Å². The van der Waals surface area contributed by atoms with Crippen molar-refractivity contribution in [1.82, 2.24) is 15.1 Å². The number of amides is 1. The number of carbonyl (C=O) groups excluding carboxylic acids is 1. The molecule has 0 saturated carbocycles. The fraction of sp³-hybridized carbons (Fsp3) is 0.357. The summed E-state index contributed by atoms with van der Waals surface area (Å²) < 4.78 is 16.0. The summed E-state index contributed by atoms with van der Waals surface area (Å²) in [5.74, 6) is 0.598. The topological polar surface area (TPSA) is 77.7 Å². The number of hydrogen-bond donors (Lipinski definition) is 0. The molecule has 0 aliphatic carbocycles. The fourth-order valence-corrected chi connectivity index (χ4v) is 2.14. The van der Waals surface area contributed by atoms with Crippen LogP contribution >= 0.6 is 0 Å². The number of rotatable bonds is 3. The van der Waals surface area contributed by atoms with Gasteiger partial charge in [-0.25, -0.2) is 0 Å². The van der Waals surface area contributed by atoms with E-state index in [1.165, 1.54) is 0 Å². The number of para-hydroxylation sites is 1. The molecule has 21 heavy (non-hydrogen) atoms. The molecule has 3 rings (SSSR count). The number of hydrogen-bond acceptors (Lipinski definition) is 6. The van der Waals surface area contributed by atoms with Crippen molar-refractivity contribution < 1.29 is 18.7 Å². The summed E-state index contributed by atoms with van der Waals surface area (Å²) >= 11 is 0. The quantitative estimate of drug-likeness (QED) is 0.845. The van der Waals surface area contributed by atoms with Crippen LogP contribution in [0.2, 0.25) is 0 Å². The second-order valence-electron chi connectivity index (χ2n) is 4.52. The second kappa shape index (κ2) is 5.92. The molecular weight excluding hydrogens is 274 g/mol. The first-order valence-corrected chi connectivity index (χ1v) is 6.63. The van der Waals surface area contributed by atoms with Gasteiger partial charge in [0.25, 0.3) is 5.89 Å². The Kier molecular flexibility index (Phi) is 3.83. The Morgan fingerprint density at radius 3 is 2.76 bits per heavy atom. The lowest BCUT2D eigenvalue weighted by Gasteiger charge is -2.25. The monoisotopic (exact) mass is 289 g/mol. The first kappa shape index (κ1) is 13.6. The minimum Gasteiger partial charge on any atom is -0.496 e. The summed E-state index contributed by atoms with van der Waals surface area (Å²) in [6.07, 6.45) is 0. The third-order valence-corrected chi connectivity index (χ3v) is 3.24. The van der Waals surface area contributed by atoms with Crippen molar-refractivity contribution in [3.8, 4) is 17.2 Å². The van der Waals surface area contributed by atoms with Gasteiger partial charge in [0.2, 0.25) is 0 Å². The van der Waals surface area contributed by atoms with Gasteiger partial charge in [-0.2, -0.15) is 0 Å². The maximum atomic E-state index is 12.2. The van der Waals surface area contributed by atoms with Crippen molar-refractivity contribution >= 4 is 5.91 Å². The zero-order valence-electron chi connectivity index (χ0n) is 11.6. The summed E-state index contributed by atoms with van der Waals surface area (Å²) in [6, 6.07) is 7.28. The molecule has 7 nitrogen and oxygen atoms in total. The first-order chi connectivity index (χ1) is 10.3. The summed E-state index contributed by atoms with van der Waals surface area (Å²) in [7, 11) is 1.56. The smallest absolute Gasteiger partial charge is 0.311 e. The van der Waals surface area contributed by atoms with Crippen molar-refractivity contribution in [3.63, 3.8) is 0 Å². The van der Waals surface area contributed by atoms with Gasteiger partial charge in [-0.05, 0) is 12.1 Å². The van der Waals surface area contributed by atoms with E-state index in [1.54, 1.807) is 24.1 Å². The molecule has 0 bridgehead atoms. The highest BCUT2D eigenvalue weighted by atomic mass is 16.5. The normalized spacial score (nSPS) is 15.0. The zero-order chi connectivity index (χ0) is 14.7. The third-order valence-electron chi connectivity index (χ3n) is 3.24. The van der Waals surface area contributed by atoms with E-state index in [1.807, 2.05) is 12.1 Å². The molecule has 0 radical (unpaired) electrons. The number of ether oxygens (including phenoxy) is 2. The average molecular weight is 289 g/mol. The Morgan fingerprint density at radius 2 is 2.00 bits per heavy atom. The van der Waals surface area contributed by atoms with Crippen LogP contribution in [-0.2, 0) is 4.74 Å². The number of aromatic nitrogens is 2. The molecule has 2 aromatic rings. The lowest BCUT2D eigenvalue weighted by Crippen LogP contribution is -2.40. The van der Waals surface area contributed by atoms with Crippen molar-refractivity contribution in [3.05, 3.63) is 30.2 Å². The number of morpholine rings is 1. The average Bonchev–Trinajstić information content (AvgIpc) is 3.04. The molecule has 0 atom stereocenters. The highest BCUT2D eigenvalue weighted by Crippen LogP contribution is 2.28. The molecule has 0 unspecified atom stereocenters. The van der Waals surface area contributed by atoms with Crippen LogP contribution in [0.4, 0.5) is 0 Å². The van der Waals surface area contributed by atoms with E-state index in [-0.39, 0.29) is 17.7 Å². The van der Waals surface area contributed by atoms with Crippen LogP contribution in [0.5, 0.6) is 5.75 Å². The Hall–Kier alpha value is -2.41. The van der Waals surface area contributed by atoms with E-state index in [0.29, 0.717) is 37.6 Å². The predicted octanol–water partition coefficient (Wildman–Crippen LogP) is 1.22. The van der Waals surface area contributed by atoms with Crippen LogP contribution in [0, 0.1) is 0 Å². The Bertz CT molecular complexity index is 635. The standard InChI is InChI=1S/C14H15N3O4/c1-19-11-5-3-2-4-10(11)12-15-16-13(21-12)14(18)17-6-8-20-9-7-17/h2-5H,6-9H2,1H3. The molecule has 0 N–H and O–H groups in total. The molecule has 1 aromatic carbocycles. The Labute approximate surface area is 121 Å². The Morgan fingerprint density at radius 1 is 1.24 bits per heavy atom. The highest BCUT2D eigenvalue weighted by molar-refractivity contribution is 5.89. The van der Waals surface area contributed by atoms with E-state index < -0.39 is 0 Å². The van der Waals surface area contributed by atoms with Gasteiger partial charge < -0.3 is 18.8 Å². The van der Waals surface area contributed by atoms with Crippen molar-refractivity contribution in [2.24, 2.45) is 0 Å². The number of benzene rings is 1. The van der Waals surface area contributed by atoms with Crippen molar-refractivity contribution in [2.45, 2.75) is 0 Å². The molecule has 110 valence electrons. The van der Waals surface area contributed by atoms with Gasteiger partial charge in [0.1, 0.15) is 5.75 Å². The SMILES string of the molecule is COc1ccccc1-c1nnc(C(=O)N2CCOCC2)o1. The Balaban J connectivity index is 1.84. The maximum absolute atomic E-state index is 12.2. The highest BCUT2D eigenvalue weighted by Gasteiger charge is 2.24. The number of methoxy groups -OCH3 is 1. The van der Waals surface area contributed by atoms with Crippen LogP contribution in [0.3, 0.4) is 0 Å². The summed E-state index contributed by atoms with van der Waals surface area (Å²) in [5.41, 5.74) is 0.661. The van der Waals surface area contributed by atoms with E-state index >= 15 is 0 Å². The minimum atomic E-state index is -0.271. The predicted molar refractivity (Wildman–Crippen MR) is 73.0 cm³/mol. The largest absolute Gasteiger partial charge is 0.496 e. The third kappa shape index (κ3) is 2.73. The van der Waals surface area contributed by atoms with E-state index in [0.717, 1.165) is 0 Å². The van der Waals surface area contributed by atoms with Crippen LogP contribution < -0.4 is 4.74 Å². The van der Waals surface area contributed by atoms with Crippen molar-refractivity contribution in [1.29, 1.82) is 0 Å². The molecule has 7 heteroatoms. The first-order valence-electron chi connectivity index (χ1n) is 6.63. The van der Waals surface area contributed by atoms with Crippen LogP contribution in [-0.4, -0.2) is 54.4 Å². The lowest BCUT2D eigenvalue weighted by molar-refractivity contribution is 0.0278. The minimum absolute atomic E-state index is 0.0159. The molecular formula is C14H15N3O4. The van der Waals surface area contributed by atoms with Crippen molar-refractivity contribution in [2.75, 3.05) is 33.4 Å². The molecule has 1 amide bonds. The van der Waals surface area contributed by atoms with Gasteiger partial charge in [0.05, 0.1) is 25.9 Å². The number of nitrogens with zero attached hydrogens (tertiary/aromatic N) is 3. The summed E-state index contributed by atoms with van der Waals surface area (Å²) in [6.45, 7) is 2.12. The van der Waals surface area contributed by atoms with Gasteiger partial charge in [-0.15, -0.1) is 10.2 Å². The zero-order valence-corrected chi connectivity index (χ0v) is 11.6. The summed E-state index contributed by atoms with van der Waals surface area (Å²) in [4.78, 5) is 13.9. The molecule has 0 spiro atoms. The van der Waals surface area contributed by atoms with Gasteiger partial charge in [-0.1, -0.05) is 12.1 Å². The molecule has 1 saturated heterocycles. The van der Waals surface area contributed by atoms with E-state index in [4.69, 9.17) is 13.9 Å². The molecule has 2 heterocycles. The lowest BCUT2D eigenvalue weighted by atomic mass is 10.2. The van der Waals surface area contributed by atoms with Gasteiger partial charge in [-0.3, -0.25) is 4.79 Å². The van der Waals surface area contributed by atoms with Crippen LogP contribution in [0.25, 0.3) is 11.5 Å². The molecule has 1 aromatic heterocycles. The number of carbonyl (C=O) groups is 1. The van der Waals surface area contributed by atoms with Gasteiger partial charge in [0.15, 0.2) is 0 Å². The molecule has 1 fully saturated rings. The van der Waals surface area contributed by atoms with E-state index in [2.05, 4.69) is 10.2 Å². The second-order valence-corrected chi connectivity index (χ2v) is 4.52. The fourth-order valence-electron chi connectivity index (χ4n) is 2.14.